The zero-order valence-corrected chi connectivity index (χ0v) is 17.7. The molecule has 4 rings (SSSR count). The first-order chi connectivity index (χ1) is 14.4. The topological polar surface area (TPSA) is 114 Å². The Hall–Kier alpha value is -3.04. The van der Waals surface area contributed by atoms with Gasteiger partial charge in [-0.25, -0.2) is 13.6 Å². The van der Waals surface area contributed by atoms with E-state index >= 15 is 0 Å². The summed E-state index contributed by atoms with van der Waals surface area (Å²) in [6, 6.07) is 15.1. The van der Waals surface area contributed by atoms with E-state index in [0.29, 0.717) is 42.7 Å². The molecule has 8 nitrogen and oxygen atoms in total. The van der Waals surface area contributed by atoms with Gasteiger partial charge in [0.15, 0.2) is 0 Å². The maximum Gasteiger partial charge on any atom is 0.238 e. The van der Waals surface area contributed by atoms with Crippen molar-refractivity contribution >= 4 is 27.6 Å². The molecule has 9 heteroatoms. The van der Waals surface area contributed by atoms with E-state index in [1.807, 2.05) is 55.1 Å². The van der Waals surface area contributed by atoms with Gasteiger partial charge in [0.2, 0.25) is 21.9 Å². The van der Waals surface area contributed by atoms with Gasteiger partial charge < -0.3 is 10.2 Å². The molecule has 0 saturated heterocycles. The van der Waals surface area contributed by atoms with E-state index in [1.165, 1.54) is 0 Å². The normalized spacial score (nSPS) is 15.8. The Morgan fingerprint density at radius 1 is 1.10 bits per heavy atom. The number of anilines is 3. The van der Waals surface area contributed by atoms with Crippen LogP contribution in [0, 0.1) is 0 Å². The number of benzene rings is 2. The van der Waals surface area contributed by atoms with Gasteiger partial charge in [0.1, 0.15) is 5.82 Å². The Balaban J connectivity index is 1.71. The third-order valence-electron chi connectivity index (χ3n) is 5.11. The number of fused-ring (bicyclic) bond motifs is 1. The van der Waals surface area contributed by atoms with Crippen LogP contribution in [-0.4, -0.2) is 29.4 Å². The minimum atomic E-state index is -3.81. The molecule has 0 fully saturated rings. The highest BCUT2D eigenvalue weighted by atomic mass is 32.2. The van der Waals surface area contributed by atoms with Crippen LogP contribution in [0.3, 0.4) is 0 Å². The Morgan fingerprint density at radius 2 is 1.87 bits per heavy atom. The fourth-order valence-corrected chi connectivity index (χ4v) is 4.51. The van der Waals surface area contributed by atoms with E-state index in [-0.39, 0.29) is 10.9 Å². The molecular weight excluding hydrogens is 400 g/mol. The van der Waals surface area contributed by atoms with Crippen molar-refractivity contribution in [3.05, 3.63) is 65.5 Å². The van der Waals surface area contributed by atoms with Crippen LogP contribution in [0.15, 0.2) is 53.4 Å². The second kappa shape index (κ2) is 8.00. The Morgan fingerprint density at radius 3 is 2.57 bits per heavy atom. The van der Waals surface area contributed by atoms with Crippen LogP contribution in [-0.2, 0) is 29.4 Å². The predicted molar refractivity (Wildman–Crippen MR) is 116 cm³/mol. The largest absolute Gasteiger partial charge is 0.350 e. The van der Waals surface area contributed by atoms with Crippen molar-refractivity contribution in [1.82, 2.24) is 15.0 Å². The lowest BCUT2D eigenvalue weighted by atomic mass is 10.1. The van der Waals surface area contributed by atoms with Crippen LogP contribution in [0.5, 0.6) is 0 Å². The second-order valence-electron chi connectivity index (χ2n) is 7.29. The number of nitrogens with zero attached hydrogens (tertiary/aromatic N) is 4. The molecule has 0 radical (unpaired) electrons. The molecule has 1 unspecified atom stereocenters. The summed E-state index contributed by atoms with van der Waals surface area (Å²) in [5, 5.41) is 8.70. The number of nitrogens with two attached hydrogens (primary N) is 1. The SMILES string of the molecule is CCc1nc(NCc2ccccc2)nc(N2c3cccc(S(N)(=O)=O)c3CC2C)n1. The molecule has 1 atom stereocenters. The van der Waals surface area contributed by atoms with Gasteiger partial charge >= 0.3 is 0 Å². The fourth-order valence-electron chi connectivity index (χ4n) is 3.71. The highest BCUT2D eigenvalue weighted by Gasteiger charge is 2.33. The van der Waals surface area contributed by atoms with Gasteiger partial charge in [0, 0.05) is 24.7 Å². The third kappa shape index (κ3) is 3.99. The smallest absolute Gasteiger partial charge is 0.238 e. The first kappa shape index (κ1) is 20.2. The van der Waals surface area contributed by atoms with Crippen LogP contribution in [0.4, 0.5) is 17.6 Å². The van der Waals surface area contributed by atoms with Gasteiger partial charge in [-0.3, -0.25) is 0 Å². The summed E-state index contributed by atoms with van der Waals surface area (Å²) in [5.41, 5.74) is 2.58. The van der Waals surface area contributed by atoms with E-state index in [0.717, 1.165) is 11.3 Å². The molecule has 1 aliphatic heterocycles. The highest BCUT2D eigenvalue weighted by Crippen LogP contribution is 2.39. The minimum absolute atomic E-state index is 0.0167. The standard InChI is InChI=1S/C21H24N6O2S/c1-3-19-24-20(23-13-15-8-5-4-6-9-15)26-21(25-19)27-14(2)12-16-17(27)10-7-11-18(16)30(22,28)29/h4-11,14H,3,12-13H2,1-2H3,(H2,22,28,29)(H,23,24,25,26). The Kier molecular flexibility index (Phi) is 5.40. The number of sulfonamides is 1. The van der Waals surface area contributed by atoms with Crippen LogP contribution >= 0.6 is 0 Å². The maximum absolute atomic E-state index is 12.0. The summed E-state index contributed by atoms with van der Waals surface area (Å²) >= 11 is 0. The monoisotopic (exact) mass is 424 g/mol. The van der Waals surface area contributed by atoms with Gasteiger partial charge in [-0.05, 0) is 36.6 Å². The number of aromatic nitrogens is 3. The lowest BCUT2D eigenvalue weighted by Crippen LogP contribution is -2.27. The van der Waals surface area contributed by atoms with Crippen molar-refractivity contribution in [2.75, 3.05) is 10.2 Å². The molecule has 2 heterocycles. The van der Waals surface area contributed by atoms with E-state index < -0.39 is 10.0 Å². The molecule has 0 amide bonds. The Labute approximate surface area is 176 Å². The summed E-state index contributed by atoms with van der Waals surface area (Å²) in [5.74, 6) is 1.65. The molecule has 0 bridgehead atoms. The van der Waals surface area contributed by atoms with Crippen LogP contribution < -0.4 is 15.4 Å². The van der Waals surface area contributed by atoms with Gasteiger partial charge in [-0.2, -0.15) is 15.0 Å². The molecule has 1 aromatic heterocycles. The van der Waals surface area contributed by atoms with Crippen molar-refractivity contribution in [3.63, 3.8) is 0 Å². The molecular formula is C21H24N6O2S. The zero-order chi connectivity index (χ0) is 21.3. The summed E-state index contributed by atoms with van der Waals surface area (Å²) in [6.07, 6.45) is 1.20. The van der Waals surface area contributed by atoms with Crippen molar-refractivity contribution in [1.29, 1.82) is 0 Å². The number of hydrogen-bond donors (Lipinski definition) is 2. The fraction of sp³-hybridized carbons (Fsp3) is 0.286. The average Bonchev–Trinajstić information content (AvgIpc) is 3.07. The van der Waals surface area contributed by atoms with Crippen LogP contribution in [0.25, 0.3) is 0 Å². The molecule has 156 valence electrons. The van der Waals surface area contributed by atoms with Gasteiger partial charge in [-0.15, -0.1) is 0 Å². The van der Waals surface area contributed by atoms with Gasteiger partial charge in [0.05, 0.1) is 4.90 Å². The summed E-state index contributed by atoms with van der Waals surface area (Å²) in [4.78, 5) is 15.9. The molecule has 3 aromatic rings. The highest BCUT2D eigenvalue weighted by molar-refractivity contribution is 7.89. The van der Waals surface area contributed by atoms with E-state index in [4.69, 9.17) is 5.14 Å². The zero-order valence-electron chi connectivity index (χ0n) is 16.9. The Bertz CT molecular complexity index is 1170. The van der Waals surface area contributed by atoms with Crippen molar-refractivity contribution in [3.8, 4) is 0 Å². The summed E-state index contributed by atoms with van der Waals surface area (Å²) in [7, 11) is -3.81. The molecule has 0 spiro atoms. The van der Waals surface area contributed by atoms with E-state index in [1.54, 1.807) is 12.1 Å². The number of aryl methyl sites for hydroxylation is 1. The molecule has 30 heavy (non-hydrogen) atoms. The summed E-state index contributed by atoms with van der Waals surface area (Å²) < 4.78 is 24.0. The minimum Gasteiger partial charge on any atom is -0.350 e. The summed E-state index contributed by atoms with van der Waals surface area (Å²) in [6.45, 7) is 4.59. The lowest BCUT2D eigenvalue weighted by molar-refractivity contribution is 0.596. The first-order valence-electron chi connectivity index (χ1n) is 9.83. The first-order valence-corrected chi connectivity index (χ1v) is 11.4. The average molecular weight is 425 g/mol. The number of rotatable bonds is 6. The molecule has 1 aliphatic rings. The van der Waals surface area contributed by atoms with E-state index in [9.17, 15) is 8.42 Å². The molecule has 3 N–H and O–H groups in total. The third-order valence-corrected chi connectivity index (χ3v) is 6.11. The number of primary sulfonamides is 1. The van der Waals surface area contributed by atoms with Crippen LogP contribution in [0.2, 0.25) is 0 Å². The quantitative estimate of drug-likeness (QED) is 0.625. The van der Waals surface area contributed by atoms with Crippen molar-refractivity contribution in [2.24, 2.45) is 5.14 Å². The second-order valence-corrected chi connectivity index (χ2v) is 8.82. The predicted octanol–water partition coefficient (Wildman–Crippen LogP) is 2.78. The van der Waals surface area contributed by atoms with Crippen LogP contribution in [0.1, 0.15) is 30.8 Å². The van der Waals surface area contributed by atoms with Gasteiger partial charge in [0.25, 0.3) is 0 Å². The maximum atomic E-state index is 12.0. The van der Waals surface area contributed by atoms with Crippen molar-refractivity contribution < 1.29 is 8.42 Å². The van der Waals surface area contributed by atoms with Gasteiger partial charge in [-0.1, -0.05) is 43.3 Å². The molecule has 0 aliphatic carbocycles. The number of hydrogen-bond acceptors (Lipinski definition) is 7. The molecule has 0 saturated carbocycles. The number of nitrogens with one attached hydrogen (secondary N) is 1. The van der Waals surface area contributed by atoms with Crippen molar-refractivity contribution in [2.45, 2.75) is 44.2 Å². The van der Waals surface area contributed by atoms with E-state index in [2.05, 4.69) is 20.3 Å². The lowest BCUT2D eigenvalue weighted by Gasteiger charge is -2.23. The molecule has 2 aromatic carbocycles.